The third-order valence-electron chi connectivity index (χ3n) is 5.32. The van der Waals surface area contributed by atoms with Gasteiger partial charge in [-0.05, 0) is 61.4 Å². The SMILES string of the molecule is Cc1ccc(NC(=O)C[C@@H]2COc3cc(C)ccc3N2Cc2ccc(F)cc2)cc1. The van der Waals surface area contributed by atoms with Gasteiger partial charge in [0.05, 0.1) is 18.2 Å². The lowest BCUT2D eigenvalue weighted by Gasteiger charge is -2.38. The molecule has 1 heterocycles. The summed E-state index contributed by atoms with van der Waals surface area (Å²) in [7, 11) is 0. The van der Waals surface area contributed by atoms with Gasteiger partial charge in [-0.2, -0.15) is 0 Å². The lowest BCUT2D eigenvalue weighted by molar-refractivity contribution is -0.116. The van der Waals surface area contributed by atoms with Crippen LogP contribution in [0.5, 0.6) is 5.75 Å². The van der Waals surface area contributed by atoms with E-state index in [9.17, 15) is 9.18 Å². The molecule has 1 atom stereocenters. The molecule has 4 nitrogen and oxygen atoms in total. The van der Waals surface area contributed by atoms with Gasteiger partial charge in [-0.3, -0.25) is 4.79 Å². The summed E-state index contributed by atoms with van der Waals surface area (Å²) in [5, 5.41) is 2.97. The summed E-state index contributed by atoms with van der Waals surface area (Å²) >= 11 is 0. The minimum absolute atomic E-state index is 0.0629. The highest BCUT2D eigenvalue weighted by molar-refractivity contribution is 5.91. The van der Waals surface area contributed by atoms with Crippen LogP contribution in [0.15, 0.2) is 66.7 Å². The highest BCUT2D eigenvalue weighted by Crippen LogP contribution is 2.36. The number of carbonyl (C=O) groups is 1. The molecule has 0 spiro atoms. The number of nitrogens with one attached hydrogen (secondary N) is 1. The molecule has 0 aromatic heterocycles. The molecule has 0 fully saturated rings. The molecule has 4 rings (SSSR count). The van der Waals surface area contributed by atoms with Gasteiger partial charge in [-0.15, -0.1) is 0 Å². The zero-order valence-corrected chi connectivity index (χ0v) is 17.2. The number of anilines is 2. The fourth-order valence-electron chi connectivity index (χ4n) is 3.68. The summed E-state index contributed by atoms with van der Waals surface area (Å²) in [6.07, 6.45) is 0.294. The molecule has 0 saturated carbocycles. The second kappa shape index (κ2) is 8.57. The number of nitrogens with zero attached hydrogens (tertiary/aromatic N) is 1. The second-order valence-corrected chi connectivity index (χ2v) is 7.81. The van der Waals surface area contributed by atoms with Crippen molar-refractivity contribution >= 4 is 17.3 Å². The Hall–Kier alpha value is -3.34. The number of hydrogen-bond donors (Lipinski definition) is 1. The summed E-state index contributed by atoms with van der Waals surface area (Å²) in [5.41, 5.74) is 4.97. The van der Waals surface area contributed by atoms with Crippen molar-refractivity contribution < 1.29 is 13.9 Å². The lowest BCUT2D eigenvalue weighted by Crippen LogP contribution is -2.44. The van der Waals surface area contributed by atoms with Crippen LogP contribution in [0.3, 0.4) is 0 Å². The second-order valence-electron chi connectivity index (χ2n) is 7.81. The van der Waals surface area contributed by atoms with E-state index in [2.05, 4.69) is 10.2 Å². The van der Waals surface area contributed by atoms with E-state index in [1.54, 1.807) is 12.1 Å². The molecule has 3 aromatic carbocycles. The van der Waals surface area contributed by atoms with E-state index in [0.717, 1.165) is 33.8 Å². The Morgan fingerprint density at radius 2 is 1.73 bits per heavy atom. The van der Waals surface area contributed by atoms with Gasteiger partial charge >= 0.3 is 0 Å². The molecule has 5 heteroatoms. The van der Waals surface area contributed by atoms with E-state index < -0.39 is 0 Å². The van der Waals surface area contributed by atoms with E-state index in [1.165, 1.54) is 12.1 Å². The fourth-order valence-corrected chi connectivity index (χ4v) is 3.68. The molecule has 0 bridgehead atoms. The first kappa shape index (κ1) is 20.0. The molecule has 30 heavy (non-hydrogen) atoms. The van der Waals surface area contributed by atoms with E-state index in [-0.39, 0.29) is 17.8 Å². The summed E-state index contributed by atoms with van der Waals surface area (Å²) < 4.78 is 19.3. The number of hydrogen-bond acceptors (Lipinski definition) is 3. The molecule has 1 aliphatic rings. The highest BCUT2D eigenvalue weighted by atomic mass is 19.1. The molecule has 1 aliphatic heterocycles. The average Bonchev–Trinajstić information content (AvgIpc) is 2.73. The maximum absolute atomic E-state index is 13.3. The van der Waals surface area contributed by atoms with Crippen LogP contribution in [0, 0.1) is 19.7 Å². The largest absolute Gasteiger partial charge is 0.489 e. The van der Waals surface area contributed by atoms with Gasteiger partial charge in [0.2, 0.25) is 5.91 Å². The van der Waals surface area contributed by atoms with Gasteiger partial charge in [-0.1, -0.05) is 35.9 Å². The maximum atomic E-state index is 13.3. The highest BCUT2D eigenvalue weighted by Gasteiger charge is 2.29. The molecule has 0 radical (unpaired) electrons. The van der Waals surface area contributed by atoms with Crippen molar-refractivity contribution in [3.63, 3.8) is 0 Å². The topological polar surface area (TPSA) is 41.6 Å². The minimum Gasteiger partial charge on any atom is -0.489 e. The first-order valence-corrected chi connectivity index (χ1v) is 10.1. The molecule has 154 valence electrons. The molecule has 3 aromatic rings. The van der Waals surface area contributed by atoms with Crippen molar-refractivity contribution in [1.82, 2.24) is 0 Å². The number of halogens is 1. The maximum Gasteiger partial charge on any atom is 0.226 e. The quantitative estimate of drug-likeness (QED) is 0.632. The van der Waals surface area contributed by atoms with Crippen LogP contribution in [0.2, 0.25) is 0 Å². The van der Waals surface area contributed by atoms with Gasteiger partial charge in [0.15, 0.2) is 0 Å². The molecule has 0 saturated heterocycles. The van der Waals surface area contributed by atoms with Gasteiger partial charge in [0.25, 0.3) is 0 Å². The number of rotatable bonds is 5. The Bertz CT molecular complexity index is 1030. The molecular formula is C25H25FN2O2. The van der Waals surface area contributed by atoms with Crippen molar-refractivity contribution in [2.45, 2.75) is 32.9 Å². The molecule has 0 aliphatic carbocycles. The van der Waals surface area contributed by atoms with Crippen LogP contribution in [-0.4, -0.2) is 18.6 Å². The standard InChI is InChI=1S/C25H25FN2O2/c1-17-3-10-21(11-4-17)27-25(29)14-22-16-30-24-13-18(2)5-12-23(24)28(22)15-19-6-8-20(26)9-7-19/h3-13,22H,14-16H2,1-2H3,(H,27,29)/t22-/m1/s1. The average molecular weight is 404 g/mol. The van der Waals surface area contributed by atoms with Crippen LogP contribution >= 0.6 is 0 Å². The number of aryl methyl sites for hydroxylation is 2. The van der Waals surface area contributed by atoms with E-state index in [4.69, 9.17) is 4.74 Å². The van der Waals surface area contributed by atoms with Gasteiger partial charge in [0.1, 0.15) is 18.2 Å². The molecule has 0 unspecified atom stereocenters. The van der Waals surface area contributed by atoms with Crippen LogP contribution in [0.1, 0.15) is 23.1 Å². The third kappa shape index (κ3) is 4.62. The van der Waals surface area contributed by atoms with Gasteiger partial charge in [-0.25, -0.2) is 4.39 Å². The first-order valence-electron chi connectivity index (χ1n) is 10.1. The first-order chi connectivity index (χ1) is 14.5. The summed E-state index contributed by atoms with van der Waals surface area (Å²) in [6, 6.07) is 20.2. The van der Waals surface area contributed by atoms with Crippen LogP contribution in [-0.2, 0) is 11.3 Å². The summed E-state index contributed by atoms with van der Waals surface area (Å²) in [6.45, 7) is 5.02. The Balaban J connectivity index is 1.55. The fraction of sp³-hybridized carbons (Fsp3) is 0.240. The normalized spacial score (nSPS) is 15.3. The Morgan fingerprint density at radius 1 is 1.03 bits per heavy atom. The van der Waals surface area contributed by atoms with Crippen LogP contribution in [0.25, 0.3) is 0 Å². The number of benzene rings is 3. The van der Waals surface area contributed by atoms with Crippen molar-refractivity contribution in [3.05, 3.63) is 89.2 Å². The van der Waals surface area contributed by atoms with Crippen LogP contribution in [0.4, 0.5) is 15.8 Å². The van der Waals surface area contributed by atoms with E-state index in [0.29, 0.717) is 19.6 Å². The summed E-state index contributed by atoms with van der Waals surface area (Å²) in [4.78, 5) is 14.9. The van der Waals surface area contributed by atoms with Gasteiger partial charge < -0.3 is 15.0 Å². The molecule has 1 N–H and O–H groups in total. The number of amides is 1. The monoisotopic (exact) mass is 404 g/mol. The van der Waals surface area contributed by atoms with Gasteiger partial charge in [0, 0.05) is 12.2 Å². The molecule has 1 amide bonds. The number of fused-ring (bicyclic) bond motifs is 1. The Morgan fingerprint density at radius 3 is 2.47 bits per heavy atom. The smallest absolute Gasteiger partial charge is 0.226 e. The van der Waals surface area contributed by atoms with E-state index in [1.807, 2.05) is 56.3 Å². The third-order valence-corrected chi connectivity index (χ3v) is 5.32. The zero-order chi connectivity index (χ0) is 21.1. The minimum atomic E-state index is -0.259. The van der Waals surface area contributed by atoms with Crippen LogP contribution < -0.4 is 15.0 Å². The van der Waals surface area contributed by atoms with E-state index >= 15 is 0 Å². The van der Waals surface area contributed by atoms with Crippen molar-refractivity contribution in [2.24, 2.45) is 0 Å². The number of carbonyl (C=O) groups excluding carboxylic acids is 1. The van der Waals surface area contributed by atoms with Crippen molar-refractivity contribution in [3.8, 4) is 5.75 Å². The zero-order valence-electron chi connectivity index (χ0n) is 17.2. The van der Waals surface area contributed by atoms with Crippen molar-refractivity contribution in [2.75, 3.05) is 16.8 Å². The number of ether oxygens (including phenoxy) is 1. The Labute approximate surface area is 176 Å². The summed E-state index contributed by atoms with van der Waals surface area (Å²) in [5.74, 6) is 0.491. The predicted octanol–water partition coefficient (Wildman–Crippen LogP) is 5.24. The predicted molar refractivity (Wildman–Crippen MR) is 117 cm³/mol. The lowest BCUT2D eigenvalue weighted by atomic mass is 10.0. The van der Waals surface area contributed by atoms with Crippen molar-refractivity contribution in [1.29, 1.82) is 0 Å². The molecular weight excluding hydrogens is 379 g/mol. The Kier molecular flexibility index (Phi) is 5.70.